The van der Waals surface area contributed by atoms with Crippen molar-refractivity contribution in [2.45, 2.75) is 37.1 Å². The molecule has 1 aromatic rings. The molecule has 11 heteroatoms. The molecule has 0 aliphatic carbocycles. The molecule has 5 N–H and O–H groups in total. The van der Waals surface area contributed by atoms with Crippen molar-refractivity contribution < 1.29 is 44.3 Å². The highest BCUT2D eigenvalue weighted by atomic mass is 16.7. The van der Waals surface area contributed by atoms with Crippen LogP contribution in [0.4, 0.5) is 0 Å². The molecule has 11 nitrogen and oxygen atoms in total. The van der Waals surface area contributed by atoms with Crippen LogP contribution in [0.3, 0.4) is 0 Å². The van der Waals surface area contributed by atoms with Crippen molar-refractivity contribution in [1.29, 1.82) is 0 Å². The van der Waals surface area contributed by atoms with Gasteiger partial charge in [-0.15, -0.1) is 0 Å². The van der Waals surface area contributed by atoms with Gasteiger partial charge in [0.25, 0.3) is 11.8 Å². The molecule has 0 aromatic heterocycles. The molecule has 1 fully saturated rings. The number of benzene rings is 1. The SMILES string of the molecule is O=C(CCN1C(=O)c2ccccc2C1=O)NCCO[C@@H]1O[C@H](CO)[C@H](O)[C@H](O)[C@H]1O. The van der Waals surface area contributed by atoms with E-state index < -0.39 is 55.0 Å². The van der Waals surface area contributed by atoms with E-state index in [0.717, 1.165) is 4.90 Å². The summed E-state index contributed by atoms with van der Waals surface area (Å²) in [7, 11) is 0. The van der Waals surface area contributed by atoms with E-state index in [4.69, 9.17) is 14.6 Å². The van der Waals surface area contributed by atoms with Crippen LogP contribution in [-0.2, 0) is 14.3 Å². The number of aliphatic hydroxyl groups is 4. The van der Waals surface area contributed by atoms with E-state index in [1.165, 1.54) is 0 Å². The zero-order valence-corrected chi connectivity index (χ0v) is 16.0. The summed E-state index contributed by atoms with van der Waals surface area (Å²) in [5.41, 5.74) is 0.631. The van der Waals surface area contributed by atoms with Crippen LogP contribution in [0, 0.1) is 0 Å². The molecule has 0 bridgehead atoms. The number of rotatable bonds is 8. The summed E-state index contributed by atoms with van der Waals surface area (Å²) in [5.74, 6) is -1.28. The van der Waals surface area contributed by atoms with Crippen molar-refractivity contribution in [1.82, 2.24) is 10.2 Å². The third kappa shape index (κ3) is 4.51. The van der Waals surface area contributed by atoms with Crippen molar-refractivity contribution in [3.63, 3.8) is 0 Å². The maximum Gasteiger partial charge on any atom is 0.261 e. The van der Waals surface area contributed by atoms with Crippen LogP contribution in [0.5, 0.6) is 0 Å². The Morgan fingerprint density at radius 3 is 2.30 bits per heavy atom. The molecular weight excluding hydrogens is 400 g/mol. The topological polar surface area (TPSA) is 166 Å². The normalized spacial score (nSPS) is 28.5. The molecule has 164 valence electrons. The molecule has 0 radical (unpaired) electrons. The Kier molecular flexibility index (Phi) is 7.13. The second-order valence-corrected chi connectivity index (χ2v) is 6.98. The molecule has 2 heterocycles. The number of hydrogen-bond donors (Lipinski definition) is 5. The number of amides is 3. The zero-order chi connectivity index (χ0) is 21.8. The summed E-state index contributed by atoms with van der Waals surface area (Å²) in [4.78, 5) is 37.5. The average molecular weight is 424 g/mol. The standard InChI is InChI=1S/C19H24N2O9/c22-9-12-14(24)15(25)16(26)19(30-12)29-8-6-20-13(23)5-7-21-17(27)10-3-1-2-4-11(10)18(21)28/h1-4,12,14-16,19,22,24-26H,5-9H2,(H,20,23)/t12-,14+,15+,16-,19-/m1/s1. The van der Waals surface area contributed by atoms with E-state index in [1.807, 2.05) is 0 Å². The fourth-order valence-electron chi connectivity index (χ4n) is 3.31. The third-order valence-electron chi connectivity index (χ3n) is 5.00. The quantitative estimate of drug-likeness (QED) is 0.226. The van der Waals surface area contributed by atoms with E-state index >= 15 is 0 Å². The second-order valence-electron chi connectivity index (χ2n) is 6.98. The number of hydrogen-bond acceptors (Lipinski definition) is 9. The van der Waals surface area contributed by atoms with E-state index in [0.29, 0.717) is 11.1 Å². The van der Waals surface area contributed by atoms with Gasteiger partial charge in [0, 0.05) is 19.5 Å². The van der Waals surface area contributed by atoms with Crippen molar-refractivity contribution in [3.8, 4) is 0 Å². The summed E-state index contributed by atoms with van der Waals surface area (Å²) in [5, 5.41) is 40.9. The smallest absolute Gasteiger partial charge is 0.261 e. The number of carbonyl (C=O) groups is 3. The first-order valence-electron chi connectivity index (χ1n) is 9.49. The van der Waals surface area contributed by atoms with Crippen LogP contribution >= 0.6 is 0 Å². The van der Waals surface area contributed by atoms with Crippen molar-refractivity contribution in [3.05, 3.63) is 35.4 Å². The van der Waals surface area contributed by atoms with Gasteiger partial charge in [-0.05, 0) is 12.1 Å². The van der Waals surface area contributed by atoms with E-state index in [1.54, 1.807) is 24.3 Å². The van der Waals surface area contributed by atoms with E-state index in [-0.39, 0.29) is 26.1 Å². The number of carbonyl (C=O) groups excluding carboxylic acids is 3. The molecule has 5 atom stereocenters. The molecule has 30 heavy (non-hydrogen) atoms. The summed E-state index contributed by atoms with van der Waals surface area (Å²) in [6.45, 7) is -0.678. The van der Waals surface area contributed by atoms with Gasteiger partial charge in [0.1, 0.15) is 24.4 Å². The Morgan fingerprint density at radius 2 is 1.70 bits per heavy atom. The number of nitrogens with zero attached hydrogens (tertiary/aromatic N) is 1. The number of aliphatic hydroxyl groups excluding tert-OH is 4. The van der Waals surface area contributed by atoms with Crippen LogP contribution in [-0.4, -0.2) is 100 Å². The Balaban J connectivity index is 1.39. The van der Waals surface area contributed by atoms with Gasteiger partial charge in [0.15, 0.2) is 6.29 Å². The summed E-state index contributed by atoms with van der Waals surface area (Å²) in [6, 6.07) is 6.45. The second kappa shape index (κ2) is 9.60. The third-order valence-corrected chi connectivity index (χ3v) is 5.00. The highest BCUT2D eigenvalue weighted by Gasteiger charge is 2.44. The first-order chi connectivity index (χ1) is 14.3. The van der Waals surface area contributed by atoms with Crippen LogP contribution < -0.4 is 5.32 Å². The minimum Gasteiger partial charge on any atom is -0.394 e. The van der Waals surface area contributed by atoms with E-state index in [2.05, 4.69) is 5.32 Å². The van der Waals surface area contributed by atoms with Gasteiger partial charge in [0.05, 0.1) is 24.3 Å². The van der Waals surface area contributed by atoms with Gasteiger partial charge < -0.3 is 35.2 Å². The zero-order valence-electron chi connectivity index (χ0n) is 16.0. The lowest BCUT2D eigenvalue weighted by Gasteiger charge is -2.39. The van der Waals surface area contributed by atoms with Crippen molar-refractivity contribution >= 4 is 17.7 Å². The van der Waals surface area contributed by atoms with Gasteiger partial charge in [-0.2, -0.15) is 0 Å². The monoisotopic (exact) mass is 424 g/mol. The molecule has 1 saturated heterocycles. The Bertz CT molecular complexity index is 765. The predicted molar refractivity (Wildman–Crippen MR) is 99.2 cm³/mol. The van der Waals surface area contributed by atoms with Crippen LogP contribution in [0.15, 0.2) is 24.3 Å². The van der Waals surface area contributed by atoms with Gasteiger partial charge in [0.2, 0.25) is 5.91 Å². The van der Waals surface area contributed by atoms with Crippen LogP contribution in [0.2, 0.25) is 0 Å². The Labute approximate surface area is 171 Å². The van der Waals surface area contributed by atoms with Gasteiger partial charge in [-0.25, -0.2) is 0 Å². The molecule has 2 aliphatic rings. The molecule has 3 amide bonds. The summed E-state index contributed by atoms with van der Waals surface area (Å²) < 4.78 is 10.4. The molecule has 3 rings (SSSR count). The maximum atomic E-state index is 12.2. The highest BCUT2D eigenvalue weighted by Crippen LogP contribution is 2.23. The number of imide groups is 1. The largest absolute Gasteiger partial charge is 0.394 e. The Hall–Kier alpha value is -2.41. The lowest BCUT2D eigenvalue weighted by Crippen LogP contribution is -2.59. The van der Waals surface area contributed by atoms with Crippen LogP contribution in [0.25, 0.3) is 0 Å². The molecule has 2 aliphatic heterocycles. The average Bonchev–Trinajstić information content (AvgIpc) is 2.99. The van der Waals surface area contributed by atoms with Crippen molar-refractivity contribution in [2.24, 2.45) is 0 Å². The van der Waals surface area contributed by atoms with Gasteiger partial charge in [-0.3, -0.25) is 19.3 Å². The lowest BCUT2D eigenvalue weighted by molar-refractivity contribution is -0.300. The Morgan fingerprint density at radius 1 is 1.07 bits per heavy atom. The minimum atomic E-state index is -1.55. The summed E-state index contributed by atoms with van der Waals surface area (Å²) in [6.07, 6.45) is -7.00. The molecule has 0 spiro atoms. The fourth-order valence-corrected chi connectivity index (χ4v) is 3.31. The van der Waals surface area contributed by atoms with Gasteiger partial charge >= 0.3 is 0 Å². The van der Waals surface area contributed by atoms with Crippen LogP contribution in [0.1, 0.15) is 27.1 Å². The number of nitrogens with one attached hydrogen (secondary N) is 1. The van der Waals surface area contributed by atoms with Gasteiger partial charge in [-0.1, -0.05) is 12.1 Å². The molecule has 1 aromatic carbocycles. The molecule has 0 unspecified atom stereocenters. The number of ether oxygens (including phenoxy) is 2. The first kappa shape index (κ1) is 22.3. The predicted octanol–water partition coefficient (Wildman–Crippen LogP) is -2.39. The maximum absolute atomic E-state index is 12.2. The minimum absolute atomic E-state index is 0.0377. The molecular formula is C19H24N2O9. The lowest BCUT2D eigenvalue weighted by atomic mass is 9.99. The van der Waals surface area contributed by atoms with Crippen molar-refractivity contribution in [2.75, 3.05) is 26.3 Å². The van der Waals surface area contributed by atoms with E-state index in [9.17, 15) is 29.7 Å². The highest BCUT2D eigenvalue weighted by molar-refractivity contribution is 6.21. The fraction of sp³-hybridized carbons (Fsp3) is 0.526. The first-order valence-corrected chi connectivity index (χ1v) is 9.49. The summed E-state index contributed by atoms with van der Waals surface area (Å²) >= 11 is 0. The number of fused-ring (bicyclic) bond motifs is 1. The molecule has 0 saturated carbocycles.